The number of nitrogens with one attached hydrogen (secondary N) is 5. The largest absolute Gasteiger partial charge is 0.492 e. The van der Waals surface area contributed by atoms with Crippen molar-refractivity contribution in [3.8, 4) is 5.75 Å². The lowest BCUT2D eigenvalue weighted by atomic mass is 10.1. The minimum absolute atomic E-state index is 0.0190. The summed E-state index contributed by atoms with van der Waals surface area (Å²) >= 11 is 0. The van der Waals surface area contributed by atoms with Gasteiger partial charge in [0.1, 0.15) is 12.4 Å². The number of benzene rings is 1. The summed E-state index contributed by atoms with van der Waals surface area (Å²) in [7, 11) is 0. The number of carbonyl (C=O) groups is 1. The Hall–Kier alpha value is -1.67. The van der Waals surface area contributed by atoms with Crippen molar-refractivity contribution in [2.75, 3.05) is 65.5 Å². The van der Waals surface area contributed by atoms with E-state index in [1.54, 1.807) is 0 Å². The van der Waals surface area contributed by atoms with Crippen molar-refractivity contribution in [2.45, 2.75) is 33.1 Å². The Morgan fingerprint density at radius 2 is 1.31 bits per heavy atom. The minimum Gasteiger partial charge on any atom is -0.492 e. The van der Waals surface area contributed by atoms with Crippen LogP contribution in [0.25, 0.3) is 0 Å². The monoisotopic (exact) mass is 407 g/mol. The van der Waals surface area contributed by atoms with E-state index in [4.69, 9.17) is 4.74 Å². The van der Waals surface area contributed by atoms with Gasteiger partial charge in [-0.25, -0.2) is 0 Å². The molecule has 0 bridgehead atoms. The van der Waals surface area contributed by atoms with E-state index in [0.717, 1.165) is 64.5 Å². The van der Waals surface area contributed by atoms with E-state index >= 15 is 0 Å². The number of amides is 1. The molecule has 0 aliphatic heterocycles. The molecule has 0 saturated carbocycles. The average Bonchev–Trinajstić information content (AvgIpc) is 2.72. The van der Waals surface area contributed by atoms with Crippen LogP contribution in [-0.2, 0) is 11.2 Å². The maximum absolute atomic E-state index is 10.7. The molecule has 1 aromatic rings. The van der Waals surface area contributed by atoms with Gasteiger partial charge in [-0.15, -0.1) is 0 Å². The van der Waals surface area contributed by atoms with Gasteiger partial charge in [0.05, 0.1) is 0 Å². The van der Waals surface area contributed by atoms with Gasteiger partial charge in [0.2, 0.25) is 5.91 Å². The lowest BCUT2D eigenvalue weighted by Crippen LogP contribution is -2.37. The highest BCUT2D eigenvalue weighted by Gasteiger charge is 1.96. The minimum atomic E-state index is 0.0190. The molecular weight excluding hydrogens is 366 g/mol. The molecule has 0 heterocycles. The first-order valence-corrected chi connectivity index (χ1v) is 11.0. The van der Waals surface area contributed by atoms with E-state index < -0.39 is 0 Å². The summed E-state index contributed by atoms with van der Waals surface area (Å²) in [5.41, 5.74) is 1.39. The number of unbranched alkanes of at least 4 members (excludes halogenated alkanes) is 1. The number of hydrogen-bond donors (Lipinski definition) is 5. The summed E-state index contributed by atoms with van der Waals surface area (Å²) < 4.78 is 5.76. The molecule has 0 saturated heterocycles. The predicted octanol–water partition coefficient (Wildman–Crippen LogP) is 0.903. The lowest BCUT2D eigenvalue weighted by Gasteiger charge is -2.10. The Morgan fingerprint density at radius 1 is 0.793 bits per heavy atom. The van der Waals surface area contributed by atoms with E-state index in [-0.39, 0.29) is 5.91 Å². The molecule has 29 heavy (non-hydrogen) atoms. The van der Waals surface area contributed by atoms with Crippen LogP contribution >= 0.6 is 0 Å². The van der Waals surface area contributed by atoms with Crippen LogP contribution in [0.2, 0.25) is 0 Å². The third-order valence-electron chi connectivity index (χ3n) is 4.40. The van der Waals surface area contributed by atoms with Crippen molar-refractivity contribution in [2.24, 2.45) is 0 Å². The number of hydrogen-bond acceptors (Lipinski definition) is 6. The number of carbonyl (C=O) groups excluding carboxylic acids is 1. The quantitative estimate of drug-likeness (QED) is 0.219. The van der Waals surface area contributed by atoms with Crippen molar-refractivity contribution < 1.29 is 9.53 Å². The highest BCUT2D eigenvalue weighted by Crippen LogP contribution is 2.13. The molecule has 7 nitrogen and oxygen atoms in total. The van der Waals surface area contributed by atoms with E-state index in [0.29, 0.717) is 13.2 Å². The zero-order chi connectivity index (χ0) is 21.0. The third kappa shape index (κ3) is 15.9. The SMILES string of the molecule is CCCCc1ccc(OCCNCCNCCNCCNCCNC(C)=O)cc1. The van der Waals surface area contributed by atoms with Crippen molar-refractivity contribution >= 4 is 5.91 Å². The van der Waals surface area contributed by atoms with E-state index in [1.807, 2.05) is 0 Å². The fourth-order valence-electron chi connectivity index (χ4n) is 2.73. The summed E-state index contributed by atoms with van der Waals surface area (Å²) in [6.07, 6.45) is 3.62. The molecule has 5 N–H and O–H groups in total. The summed E-state index contributed by atoms with van der Waals surface area (Å²) in [5, 5.41) is 16.2. The van der Waals surface area contributed by atoms with Gasteiger partial charge in [-0.3, -0.25) is 4.79 Å². The topological polar surface area (TPSA) is 86.4 Å². The van der Waals surface area contributed by atoms with Crippen LogP contribution in [0.1, 0.15) is 32.3 Å². The van der Waals surface area contributed by atoms with Crippen molar-refractivity contribution in [1.82, 2.24) is 26.6 Å². The van der Waals surface area contributed by atoms with Crippen LogP contribution in [0.5, 0.6) is 5.75 Å². The first-order chi connectivity index (χ1) is 14.2. The van der Waals surface area contributed by atoms with Crippen LogP contribution in [0.4, 0.5) is 0 Å². The highest BCUT2D eigenvalue weighted by molar-refractivity contribution is 5.72. The van der Waals surface area contributed by atoms with Gasteiger partial charge < -0.3 is 31.3 Å². The molecule has 0 aliphatic rings. The van der Waals surface area contributed by atoms with Gasteiger partial charge in [0.15, 0.2) is 0 Å². The second-order valence-electron chi connectivity index (χ2n) is 7.08. The molecule has 1 aromatic carbocycles. The maximum Gasteiger partial charge on any atom is 0.216 e. The average molecular weight is 408 g/mol. The number of rotatable bonds is 19. The highest BCUT2D eigenvalue weighted by atomic mass is 16.5. The van der Waals surface area contributed by atoms with Gasteiger partial charge in [0, 0.05) is 65.8 Å². The molecule has 0 aliphatic carbocycles. The molecule has 7 heteroatoms. The predicted molar refractivity (Wildman–Crippen MR) is 121 cm³/mol. The molecule has 0 atom stereocenters. The fraction of sp³-hybridized carbons (Fsp3) is 0.682. The van der Waals surface area contributed by atoms with Gasteiger partial charge in [-0.2, -0.15) is 0 Å². The van der Waals surface area contributed by atoms with Crippen molar-refractivity contribution in [3.05, 3.63) is 29.8 Å². The summed E-state index contributed by atoms with van der Waals surface area (Å²) in [5.74, 6) is 0.964. The maximum atomic E-state index is 10.7. The van der Waals surface area contributed by atoms with Crippen molar-refractivity contribution in [3.63, 3.8) is 0 Å². The lowest BCUT2D eigenvalue weighted by molar-refractivity contribution is -0.118. The van der Waals surface area contributed by atoms with Gasteiger partial charge in [-0.1, -0.05) is 25.5 Å². The standard InChI is InChI=1S/C22H41N5O2/c1-3-4-5-21-6-8-22(9-7-21)29-19-18-26-15-14-24-11-10-23-12-13-25-16-17-27-20(2)28/h6-9,23-26H,3-5,10-19H2,1-2H3,(H,27,28). The number of ether oxygens (including phenoxy) is 1. The summed E-state index contributed by atoms with van der Waals surface area (Å²) in [6.45, 7) is 12.4. The summed E-state index contributed by atoms with van der Waals surface area (Å²) in [6, 6.07) is 8.47. The molecule has 0 fully saturated rings. The van der Waals surface area contributed by atoms with Crippen LogP contribution < -0.4 is 31.3 Å². The Balaban J connectivity index is 1.80. The number of aryl methyl sites for hydroxylation is 1. The molecule has 0 unspecified atom stereocenters. The zero-order valence-electron chi connectivity index (χ0n) is 18.3. The molecule has 0 spiro atoms. The van der Waals surface area contributed by atoms with Crippen molar-refractivity contribution in [1.29, 1.82) is 0 Å². The Morgan fingerprint density at radius 3 is 1.83 bits per heavy atom. The third-order valence-corrected chi connectivity index (χ3v) is 4.40. The van der Waals surface area contributed by atoms with Crippen LogP contribution in [0, 0.1) is 0 Å². The van der Waals surface area contributed by atoms with Crippen LogP contribution in [0.3, 0.4) is 0 Å². The Kier molecular flexibility index (Phi) is 16.1. The normalized spacial score (nSPS) is 10.8. The Bertz CT molecular complexity index is 510. The molecular formula is C22H41N5O2. The van der Waals surface area contributed by atoms with Crippen LogP contribution in [0.15, 0.2) is 24.3 Å². The van der Waals surface area contributed by atoms with Gasteiger partial charge in [-0.05, 0) is 30.5 Å². The van der Waals surface area contributed by atoms with E-state index in [9.17, 15) is 4.79 Å². The van der Waals surface area contributed by atoms with Crippen LogP contribution in [-0.4, -0.2) is 71.4 Å². The van der Waals surface area contributed by atoms with Gasteiger partial charge >= 0.3 is 0 Å². The smallest absolute Gasteiger partial charge is 0.216 e. The molecule has 1 rings (SSSR count). The molecule has 0 aromatic heterocycles. The second-order valence-corrected chi connectivity index (χ2v) is 7.08. The first kappa shape index (κ1) is 25.4. The second kappa shape index (κ2) is 18.4. The molecule has 166 valence electrons. The Labute approximate surface area is 176 Å². The van der Waals surface area contributed by atoms with E-state index in [1.165, 1.54) is 25.3 Å². The first-order valence-electron chi connectivity index (χ1n) is 11.0. The fourth-order valence-corrected chi connectivity index (χ4v) is 2.73. The zero-order valence-corrected chi connectivity index (χ0v) is 18.3. The summed E-state index contributed by atoms with van der Waals surface area (Å²) in [4.78, 5) is 10.7. The molecule has 0 radical (unpaired) electrons. The molecule has 1 amide bonds. The van der Waals surface area contributed by atoms with E-state index in [2.05, 4.69) is 57.8 Å². The van der Waals surface area contributed by atoms with Gasteiger partial charge in [0.25, 0.3) is 0 Å².